The van der Waals surface area contributed by atoms with Crippen molar-refractivity contribution in [1.82, 2.24) is 73.3 Å². The first-order valence-corrected chi connectivity index (χ1v) is 39.4. The summed E-state index contributed by atoms with van der Waals surface area (Å²) in [6, 6.07) is 18.9. The normalized spacial score (nSPS) is 14.4. The molecule has 2 heterocycles. The number of aliphatic hydroxyl groups is 1. The van der Waals surface area contributed by atoms with Gasteiger partial charge in [-0.05, 0) is 141 Å². The molecular weight excluding hydrogens is 1540 g/mol. The van der Waals surface area contributed by atoms with E-state index in [4.69, 9.17) is 53.7 Å². The number of nitrogens with zero attached hydrogens (tertiary/aromatic N) is 2. The number of aliphatic hydroxyl groups excluding tert-OH is 1. The lowest BCUT2D eigenvalue weighted by Crippen LogP contribution is -2.61. The number of unbranched alkanes of at least 4 members (excludes halogenated alkanes) is 1. The molecule has 36 heteroatoms. The second-order valence-electron chi connectivity index (χ2n) is 28.9. The number of halogens is 1. The lowest BCUT2D eigenvalue weighted by Gasteiger charge is -2.31. The van der Waals surface area contributed by atoms with Gasteiger partial charge in [0.05, 0.1) is 6.61 Å². The number of para-hydroxylation sites is 1. The zero-order chi connectivity index (χ0) is 87.3. The van der Waals surface area contributed by atoms with Crippen LogP contribution in [0.15, 0.2) is 121 Å². The fourth-order valence-corrected chi connectivity index (χ4v) is 13.1. The molecule has 7 rings (SSSR count). The first kappa shape index (κ1) is 96.2. The molecule has 1 fully saturated rings. The van der Waals surface area contributed by atoms with E-state index in [2.05, 4.69) is 63.5 Å². The van der Waals surface area contributed by atoms with Crippen molar-refractivity contribution >= 4 is 122 Å². The van der Waals surface area contributed by atoms with Gasteiger partial charge in [-0.25, -0.2) is 0 Å². The number of hydrogen-bond acceptors (Lipinski definition) is 17. The third kappa shape index (κ3) is 32.7. The Morgan fingerprint density at radius 3 is 1.58 bits per heavy atom. The van der Waals surface area contributed by atoms with Crippen molar-refractivity contribution in [3.8, 4) is 5.75 Å². The van der Waals surface area contributed by atoms with E-state index in [0.717, 1.165) is 24.6 Å². The molecule has 1 aliphatic heterocycles. The van der Waals surface area contributed by atoms with Crippen molar-refractivity contribution in [1.29, 1.82) is 10.8 Å². The van der Waals surface area contributed by atoms with Crippen LogP contribution in [0.4, 0.5) is 0 Å². The monoisotopic (exact) mass is 1660 g/mol. The maximum atomic E-state index is 15.2. The standard InChI is InChI=1S/C78H105ClN18O13.2C2H4O2/c1-7-96(8-2)78(83)85-34-14-13-21-58(68(102)91-60(37-45(3)4)69(103)90-59(22-15-35-84-77(81)82)76(110)97-36-16-23-66(97)75(109)87-46(5)67(80)101)89-71(105)62(40-49-27-32-55(100)33-28-49)93-74(108)65(44-98)95-73(107)64(42-53-43-86-57-20-12-11-19-56(53)57)94-72(106)63(39-48-25-30-54(79)31-26-48)92-70(104)61(88-47(6)99)41-50-24-29-51-17-9-10-18-52(51)38-50;2*1-2(3)4/h9-12,17-20,24-33,38,43,45-46,58-66,86,98,100H,7-8,13-16,21-23,34-37,39-42,44H2,1-6H3,(H2,80,101)(H2,83,85)(H,87,109)(H,88,99)(H,89,105)(H,90,103)(H,91,102)(H,92,104)(H,93,108)(H,94,106)(H,95,107)(H4,81,82,84);2*1H3,(H,3,4)/t46-,58-,59+,60+,61-,62+,63-,64-,65+,66+;;/m1../s1. The van der Waals surface area contributed by atoms with Crippen LogP contribution in [-0.2, 0) is 88.0 Å². The van der Waals surface area contributed by atoms with Gasteiger partial charge in [0.25, 0.3) is 11.9 Å². The van der Waals surface area contributed by atoms with Crippen LogP contribution in [0.5, 0.6) is 5.75 Å². The molecule has 22 N–H and O–H groups in total. The number of aromatic nitrogens is 1. The number of amides is 11. The van der Waals surface area contributed by atoms with Crippen molar-refractivity contribution in [3.63, 3.8) is 0 Å². The quantitative estimate of drug-likeness (QED) is 0.0149. The topological polar surface area (TPSA) is 557 Å². The largest absolute Gasteiger partial charge is 0.508 e. The molecule has 1 aliphatic rings. The van der Waals surface area contributed by atoms with Crippen LogP contribution in [0.1, 0.15) is 129 Å². The minimum atomic E-state index is -1.84. The highest BCUT2D eigenvalue weighted by Crippen LogP contribution is 2.24. The Morgan fingerprint density at radius 1 is 0.551 bits per heavy atom. The number of nitrogens with one attached hydrogen (secondary N) is 14. The predicted molar refractivity (Wildman–Crippen MR) is 444 cm³/mol. The number of fused-ring (bicyclic) bond motifs is 2. The third-order valence-corrected chi connectivity index (χ3v) is 19.2. The smallest absolute Gasteiger partial charge is 0.300 e. The van der Waals surface area contributed by atoms with E-state index in [-0.39, 0.29) is 107 Å². The highest BCUT2D eigenvalue weighted by Gasteiger charge is 2.41. The molecule has 10 atom stereocenters. The second-order valence-corrected chi connectivity index (χ2v) is 29.4. The second kappa shape index (κ2) is 48.8. The van der Waals surface area contributed by atoms with Gasteiger partial charge in [0, 0.05) is 101 Å². The van der Waals surface area contributed by atoms with Gasteiger partial charge in [0.2, 0.25) is 65.0 Å². The number of primary amides is 1. The molecule has 0 aliphatic carbocycles. The Morgan fingerprint density at radius 2 is 1.02 bits per heavy atom. The van der Waals surface area contributed by atoms with E-state index in [1.54, 1.807) is 73.5 Å². The van der Waals surface area contributed by atoms with Gasteiger partial charge in [-0.1, -0.05) is 110 Å². The van der Waals surface area contributed by atoms with Gasteiger partial charge >= 0.3 is 0 Å². The molecule has 35 nitrogen and oxygen atoms in total. The number of carboxylic acids is 2. The van der Waals surface area contributed by atoms with Crippen LogP contribution < -0.4 is 70.0 Å². The van der Waals surface area contributed by atoms with Gasteiger partial charge < -0.3 is 105 Å². The molecule has 0 saturated carbocycles. The van der Waals surface area contributed by atoms with Gasteiger partial charge in [-0.15, -0.1) is 0 Å². The van der Waals surface area contributed by atoms with Crippen molar-refractivity contribution in [2.45, 2.75) is 193 Å². The van der Waals surface area contributed by atoms with E-state index >= 15 is 19.2 Å². The van der Waals surface area contributed by atoms with E-state index < -0.39 is 144 Å². The maximum absolute atomic E-state index is 15.2. The van der Waals surface area contributed by atoms with Crippen molar-refractivity contribution in [2.24, 2.45) is 17.4 Å². The number of phenolic OH excluding ortho intramolecular Hbond substituents is 1. The summed E-state index contributed by atoms with van der Waals surface area (Å²) in [6.45, 7) is 12.8. The molecule has 6 aromatic rings. The van der Waals surface area contributed by atoms with Crippen LogP contribution in [0.3, 0.4) is 0 Å². The molecule has 11 amide bonds. The number of aliphatic carboxylic acids is 2. The van der Waals surface area contributed by atoms with Crippen LogP contribution in [0, 0.1) is 16.7 Å². The number of likely N-dealkylation sites (tertiary alicyclic amines) is 1. The molecule has 118 heavy (non-hydrogen) atoms. The lowest BCUT2D eigenvalue weighted by atomic mass is 9.99. The third-order valence-electron chi connectivity index (χ3n) is 19.0. The lowest BCUT2D eigenvalue weighted by molar-refractivity contribution is -0.142. The average molecular weight is 1660 g/mol. The van der Waals surface area contributed by atoms with E-state index in [1.807, 2.05) is 56.3 Å². The molecule has 1 saturated heterocycles. The Balaban J connectivity index is 0.00000296. The van der Waals surface area contributed by atoms with Gasteiger partial charge in [-0.2, -0.15) is 0 Å². The van der Waals surface area contributed by atoms with E-state index in [1.165, 1.54) is 43.0 Å². The SMILES string of the molecule is CC(=O)O.CC(=O)O.CCN(CC)C(=N)NCCCC[C@@H](NC(=O)[C@H](Cc1ccc(O)cc1)NC(=O)[C@H](CO)NC(=O)[C@@H](Cc1c[nH]c2ccccc12)NC(=O)[C@@H](Cc1ccc(Cl)cc1)NC(=O)[C@@H](Cc1ccc2ccccc2c1)NC(C)=O)C(=O)N[C@@H](CC(C)C)C(=O)N[C@@H](CCCNC(=N)N)C(=O)N1CCC[C@H]1C(=O)N[C@H](C)C(N)=O. The highest BCUT2D eigenvalue weighted by molar-refractivity contribution is 6.30. The number of phenols is 1. The van der Waals surface area contributed by atoms with Crippen LogP contribution in [0.2, 0.25) is 5.02 Å². The first-order valence-electron chi connectivity index (χ1n) is 39.0. The molecule has 5 aromatic carbocycles. The zero-order valence-electron chi connectivity index (χ0n) is 67.6. The summed E-state index contributed by atoms with van der Waals surface area (Å²) in [5.74, 6) is -11.0. The predicted octanol–water partition coefficient (Wildman–Crippen LogP) is 2.35. The van der Waals surface area contributed by atoms with Crippen LogP contribution in [-0.4, -0.2) is 224 Å². The number of carboxylic acid groups (broad SMARTS) is 2. The fourth-order valence-electron chi connectivity index (χ4n) is 13.0. The number of nitrogens with two attached hydrogens (primary N) is 2. The number of rotatable bonds is 41. The maximum Gasteiger partial charge on any atom is 0.300 e. The number of hydrogen-bond donors (Lipinski definition) is 20. The Labute approximate surface area is 689 Å². The summed E-state index contributed by atoms with van der Waals surface area (Å²) in [6.07, 6.45) is 2.40. The molecule has 0 unspecified atom stereocenters. The molecule has 640 valence electrons. The molecule has 1 aromatic heterocycles. The first-order chi connectivity index (χ1) is 56.0. The van der Waals surface area contributed by atoms with Gasteiger partial charge in [-0.3, -0.25) is 73.1 Å². The summed E-state index contributed by atoms with van der Waals surface area (Å²) in [5.41, 5.74) is 13.9. The Hall–Kier alpha value is -12.4. The average Bonchev–Trinajstić information content (AvgIpc) is 1.53. The Kier molecular flexibility index (Phi) is 39.8. The number of H-pyrrole nitrogens is 1. The number of carbonyl (C=O) groups excluding carboxylic acids is 11. The van der Waals surface area contributed by atoms with E-state index in [9.17, 15) is 43.8 Å². The number of guanidine groups is 2. The van der Waals surface area contributed by atoms with E-state index in [0.29, 0.717) is 64.1 Å². The van der Waals surface area contributed by atoms with Gasteiger partial charge in [0.15, 0.2) is 11.9 Å². The minimum absolute atomic E-state index is 0.0104. The fraction of sp³-hybridized carbons (Fsp3) is 0.451. The summed E-state index contributed by atoms with van der Waals surface area (Å²) in [5, 5.41) is 85.6. The highest BCUT2D eigenvalue weighted by atomic mass is 35.5. The summed E-state index contributed by atoms with van der Waals surface area (Å²) >= 11 is 6.28. The van der Waals surface area contributed by atoms with Crippen LogP contribution >= 0.6 is 11.6 Å². The number of aromatic amines is 1. The zero-order valence-corrected chi connectivity index (χ0v) is 68.4. The Bertz CT molecular complexity index is 4410. The van der Waals surface area contributed by atoms with Crippen molar-refractivity contribution in [3.05, 3.63) is 149 Å². The van der Waals surface area contributed by atoms with Gasteiger partial charge in [0.1, 0.15) is 66.2 Å². The minimum Gasteiger partial charge on any atom is -0.508 e. The number of benzene rings is 5. The molecule has 0 radical (unpaired) electrons. The van der Waals surface area contributed by atoms with Crippen LogP contribution in [0.25, 0.3) is 21.7 Å². The molecular formula is C82H113ClN18O17. The number of aromatic hydroxyl groups is 1. The van der Waals surface area contributed by atoms with Crippen molar-refractivity contribution < 1.29 is 82.8 Å². The summed E-state index contributed by atoms with van der Waals surface area (Å²) < 4.78 is 0. The molecule has 0 spiro atoms. The van der Waals surface area contributed by atoms with Crippen molar-refractivity contribution in [2.75, 3.05) is 39.3 Å². The molecule has 0 bridgehead atoms. The summed E-state index contributed by atoms with van der Waals surface area (Å²) in [7, 11) is 0. The summed E-state index contributed by atoms with van der Waals surface area (Å²) in [4.78, 5) is 182. The number of carbonyl (C=O) groups is 13.